The summed E-state index contributed by atoms with van der Waals surface area (Å²) in [5, 5.41) is 21.2. The number of carbonyl (C=O) groups is 2. The summed E-state index contributed by atoms with van der Waals surface area (Å²) in [5.41, 5.74) is 2.68. The number of carboxylic acids is 1. The molecule has 0 aliphatic rings. The zero-order valence-corrected chi connectivity index (χ0v) is 15.1. The molecule has 0 heterocycles. The van der Waals surface area contributed by atoms with E-state index in [0.717, 1.165) is 11.1 Å². The monoisotopic (exact) mass is 357 g/mol. The summed E-state index contributed by atoms with van der Waals surface area (Å²) in [4.78, 5) is 23.0. The SMILES string of the molecule is Cc1ccc(C(C)C)c(OCC(=O)Nc2cc(CC(=O)O)ccc2O)c1. The Labute approximate surface area is 152 Å². The summed E-state index contributed by atoms with van der Waals surface area (Å²) >= 11 is 0. The third kappa shape index (κ3) is 5.24. The summed E-state index contributed by atoms with van der Waals surface area (Å²) in [6, 6.07) is 10.1. The Balaban J connectivity index is 2.06. The van der Waals surface area contributed by atoms with Crippen LogP contribution in [-0.4, -0.2) is 28.7 Å². The third-order valence-corrected chi connectivity index (χ3v) is 3.84. The van der Waals surface area contributed by atoms with Crippen molar-refractivity contribution in [1.29, 1.82) is 0 Å². The zero-order valence-electron chi connectivity index (χ0n) is 15.1. The van der Waals surface area contributed by atoms with Crippen LogP contribution in [0, 0.1) is 6.92 Å². The number of amides is 1. The van der Waals surface area contributed by atoms with Crippen molar-refractivity contribution >= 4 is 17.6 Å². The highest BCUT2D eigenvalue weighted by Gasteiger charge is 2.12. The van der Waals surface area contributed by atoms with Crippen molar-refractivity contribution in [1.82, 2.24) is 0 Å². The lowest BCUT2D eigenvalue weighted by molar-refractivity contribution is -0.136. The first-order valence-corrected chi connectivity index (χ1v) is 8.33. The van der Waals surface area contributed by atoms with Crippen molar-refractivity contribution in [2.24, 2.45) is 0 Å². The van der Waals surface area contributed by atoms with Gasteiger partial charge in [-0.2, -0.15) is 0 Å². The van der Waals surface area contributed by atoms with Gasteiger partial charge in [0.15, 0.2) is 6.61 Å². The molecular weight excluding hydrogens is 334 g/mol. The minimum absolute atomic E-state index is 0.133. The summed E-state index contributed by atoms with van der Waals surface area (Å²) in [6.07, 6.45) is -0.194. The highest BCUT2D eigenvalue weighted by Crippen LogP contribution is 2.28. The van der Waals surface area contributed by atoms with Gasteiger partial charge in [0, 0.05) is 0 Å². The minimum Gasteiger partial charge on any atom is -0.506 e. The number of carboxylic acid groups (broad SMARTS) is 1. The number of carbonyl (C=O) groups excluding carboxylic acids is 1. The number of aromatic hydroxyl groups is 1. The Kier molecular flexibility index (Phi) is 6.22. The van der Waals surface area contributed by atoms with Gasteiger partial charge in [0.25, 0.3) is 5.91 Å². The molecule has 0 saturated heterocycles. The smallest absolute Gasteiger partial charge is 0.307 e. The van der Waals surface area contributed by atoms with Crippen LogP contribution in [0.5, 0.6) is 11.5 Å². The second-order valence-electron chi connectivity index (χ2n) is 6.45. The molecule has 3 N–H and O–H groups in total. The molecule has 2 rings (SSSR count). The molecule has 2 aromatic rings. The highest BCUT2D eigenvalue weighted by atomic mass is 16.5. The quantitative estimate of drug-likeness (QED) is 0.660. The molecule has 1 amide bonds. The van der Waals surface area contributed by atoms with E-state index in [4.69, 9.17) is 9.84 Å². The molecule has 0 aliphatic carbocycles. The number of benzene rings is 2. The predicted octanol–water partition coefficient (Wildman–Crippen LogP) is 3.47. The maximum absolute atomic E-state index is 12.2. The van der Waals surface area contributed by atoms with Gasteiger partial charge < -0.3 is 20.3 Å². The molecule has 138 valence electrons. The normalized spacial score (nSPS) is 10.6. The first-order chi connectivity index (χ1) is 12.3. The van der Waals surface area contributed by atoms with Gasteiger partial charge in [0.1, 0.15) is 11.5 Å². The van der Waals surface area contributed by atoms with Gasteiger partial charge in [-0.1, -0.05) is 32.0 Å². The van der Waals surface area contributed by atoms with Gasteiger partial charge in [-0.25, -0.2) is 0 Å². The molecule has 0 aromatic heterocycles. The Morgan fingerprint density at radius 3 is 2.54 bits per heavy atom. The van der Waals surface area contributed by atoms with Crippen LogP contribution in [0.3, 0.4) is 0 Å². The largest absolute Gasteiger partial charge is 0.506 e. The first-order valence-electron chi connectivity index (χ1n) is 8.33. The number of ether oxygens (including phenoxy) is 1. The fourth-order valence-electron chi connectivity index (χ4n) is 2.54. The Hall–Kier alpha value is -3.02. The Morgan fingerprint density at radius 2 is 1.88 bits per heavy atom. The van der Waals surface area contributed by atoms with Gasteiger partial charge in [0.05, 0.1) is 12.1 Å². The highest BCUT2D eigenvalue weighted by molar-refractivity contribution is 5.93. The van der Waals surface area contributed by atoms with E-state index in [-0.39, 0.29) is 30.4 Å². The number of aryl methyl sites for hydroxylation is 1. The molecule has 26 heavy (non-hydrogen) atoms. The van der Waals surface area contributed by atoms with Crippen LogP contribution in [0.2, 0.25) is 0 Å². The molecule has 0 saturated carbocycles. The molecule has 0 bridgehead atoms. The van der Waals surface area contributed by atoms with Crippen LogP contribution in [0.4, 0.5) is 5.69 Å². The van der Waals surface area contributed by atoms with E-state index in [1.807, 2.05) is 39.0 Å². The van der Waals surface area contributed by atoms with Crippen molar-refractivity contribution in [3.63, 3.8) is 0 Å². The van der Waals surface area contributed by atoms with Crippen LogP contribution in [0.1, 0.15) is 36.5 Å². The van der Waals surface area contributed by atoms with E-state index in [2.05, 4.69) is 5.32 Å². The maximum Gasteiger partial charge on any atom is 0.307 e. The number of anilines is 1. The van der Waals surface area contributed by atoms with E-state index in [1.165, 1.54) is 18.2 Å². The van der Waals surface area contributed by atoms with Crippen LogP contribution < -0.4 is 10.1 Å². The molecule has 6 nitrogen and oxygen atoms in total. The fraction of sp³-hybridized carbons (Fsp3) is 0.300. The number of rotatable bonds is 7. The van der Waals surface area contributed by atoms with Crippen molar-refractivity contribution in [3.8, 4) is 11.5 Å². The van der Waals surface area contributed by atoms with Crippen molar-refractivity contribution in [2.45, 2.75) is 33.1 Å². The average Bonchev–Trinajstić information content (AvgIpc) is 2.55. The number of nitrogens with one attached hydrogen (secondary N) is 1. The second kappa shape index (κ2) is 8.38. The minimum atomic E-state index is -0.989. The van der Waals surface area contributed by atoms with Crippen LogP contribution >= 0.6 is 0 Å². The lowest BCUT2D eigenvalue weighted by Gasteiger charge is -2.15. The molecular formula is C20H23NO5. The third-order valence-electron chi connectivity index (χ3n) is 3.84. The number of aliphatic carboxylic acids is 1. The number of hydrogen-bond donors (Lipinski definition) is 3. The molecule has 0 radical (unpaired) electrons. The Morgan fingerprint density at radius 1 is 1.15 bits per heavy atom. The van der Waals surface area contributed by atoms with E-state index in [1.54, 1.807) is 0 Å². The van der Waals surface area contributed by atoms with Crippen molar-refractivity contribution in [2.75, 3.05) is 11.9 Å². The molecule has 0 atom stereocenters. The van der Waals surface area contributed by atoms with Crippen LogP contribution in [-0.2, 0) is 16.0 Å². The molecule has 2 aromatic carbocycles. The molecule has 0 aliphatic heterocycles. The van der Waals surface area contributed by atoms with Crippen LogP contribution in [0.15, 0.2) is 36.4 Å². The van der Waals surface area contributed by atoms with E-state index in [0.29, 0.717) is 11.3 Å². The molecule has 0 spiro atoms. The van der Waals surface area contributed by atoms with Crippen molar-refractivity contribution < 1.29 is 24.5 Å². The number of phenolic OH excluding ortho intramolecular Hbond substituents is 1. The second-order valence-corrected chi connectivity index (χ2v) is 6.45. The van der Waals surface area contributed by atoms with Gasteiger partial charge in [-0.3, -0.25) is 9.59 Å². The standard InChI is InChI=1S/C20H23NO5/c1-12(2)15-6-4-13(3)8-18(15)26-11-19(23)21-16-9-14(10-20(24)25)5-7-17(16)22/h4-9,12,22H,10-11H2,1-3H3,(H,21,23)(H,24,25). The van der Waals surface area contributed by atoms with E-state index >= 15 is 0 Å². The lowest BCUT2D eigenvalue weighted by atomic mass is 10.0. The summed E-state index contributed by atoms with van der Waals surface area (Å²) in [7, 11) is 0. The molecule has 6 heteroatoms. The Bertz CT molecular complexity index is 814. The van der Waals surface area contributed by atoms with E-state index < -0.39 is 11.9 Å². The summed E-state index contributed by atoms with van der Waals surface area (Å²) < 4.78 is 5.66. The van der Waals surface area contributed by atoms with Gasteiger partial charge in [0.2, 0.25) is 0 Å². The van der Waals surface area contributed by atoms with Gasteiger partial charge in [-0.05, 0) is 47.7 Å². The van der Waals surface area contributed by atoms with Crippen molar-refractivity contribution in [3.05, 3.63) is 53.1 Å². The number of hydrogen-bond acceptors (Lipinski definition) is 4. The maximum atomic E-state index is 12.2. The van der Waals surface area contributed by atoms with E-state index in [9.17, 15) is 14.7 Å². The number of phenols is 1. The predicted molar refractivity (Wildman–Crippen MR) is 98.8 cm³/mol. The topological polar surface area (TPSA) is 95.9 Å². The first kappa shape index (κ1) is 19.3. The molecule has 0 unspecified atom stereocenters. The summed E-state index contributed by atoms with van der Waals surface area (Å²) in [5.74, 6) is -0.656. The summed E-state index contributed by atoms with van der Waals surface area (Å²) in [6.45, 7) is 5.82. The fourth-order valence-corrected chi connectivity index (χ4v) is 2.54. The molecule has 0 fully saturated rings. The van der Waals surface area contributed by atoms with Gasteiger partial charge >= 0.3 is 5.97 Å². The lowest BCUT2D eigenvalue weighted by Crippen LogP contribution is -2.21. The van der Waals surface area contributed by atoms with Gasteiger partial charge in [-0.15, -0.1) is 0 Å². The average molecular weight is 357 g/mol. The van der Waals surface area contributed by atoms with Crippen LogP contribution in [0.25, 0.3) is 0 Å². The zero-order chi connectivity index (χ0) is 19.3.